The fraction of sp³-hybridized carbons (Fsp3) is 0.226. The van der Waals surface area contributed by atoms with Crippen LogP contribution in [-0.2, 0) is 35.8 Å². The van der Waals surface area contributed by atoms with Crippen molar-refractivity contribution in [1.29, 1.82) is 0 Å². The van der Waals surface area contributed by atoms with E-state index in [1.807, 2.05) is 48.5 Å². The summed E-state index contributed by atoms with van der Waals surface area (Å²) in [6.07, 6.45) is 1.61. The molecule has 0 amide bonds. The van der Waals surface area contributed by atoms with Crippen LogP contribution in [0.15, 0.2) is 72.8 Å². The average Bonchev–Trinajstić information content (AvgIpc) is 3.67. The number of unbranched alkanes of at least 4 members (excludes halogenated alkanes) is 1. The second-order valence-corrected chi connectivity index (χ2v) is 10.6. The van der Waals surface area contributed by atoms with Crippen molar-refractivity contribution < 1.29 is 34.7 Å². The van der Waals surface area contributed by atoms with E-state index in [-0.39, 0.29) is 35.3 Å². The largest absolute Gasteiger partial charge is 0.476 e. The summed E-state index contributed by atoms with van der Waals surface area (Å²) in [5, 5.41) is 38.8. The third-order valence-corrected chi connectivity index (χ3v) is 7.31. The topological polar surface area (TPSA) is 178 Å². The van der Waals surface area contributed by atoms with Crippen LogP contribution in [0.3, 0.4) is 0 Å². The van der Waals surface area contributed by atoms with E-state index in [0.717, 1.165) is 34.3 Å². The molecule has 46 heavy (non-hydrogen) atoms. The normalized spacial score (nSPS) is 11.2. The maximum absolute atomic E-state index is 12.6. The molecule has 0 saturated heterocycles. The summed E-state index contributed by atoms with van der Waals surface area (Å²) < 4.78 is 6.97. The first-order chi connectivity index (χ1) is 22.2. The van der Waals surface area contributed by atoms with Crippen LogP contribution in [0.2, 0.25) is 5.15 Å². The van der Waals surface area contributed by atoms with Gasteiger partial charge in [0.2, 0.25) is 5.82 Å². The van der Waals surface area contributed by atoms with E-state index in [4.69, 9.17) is 26.8 Å². The maximum Gasteiger partial charge on any atom is 0.454 e. The lowest BCUT2D eigenvalue weighted by Crippen LogP contribution is -2.17. The highest BCUT2D eigenvalue weighted by Gasteiger charge is 2.22. The number of halogens is 1. The molecule has 0 saturated carbocycles. The minimum absolute atomic E-state index is 0.0195. The van der Waals surface area contributed by atoms with E-state index in [2.05, 4.69) is 32.2 Å². The van der Waals surface area contributed by atoms with Gasteiger partial charge in [0.15, 0.2) is 10.8 Å². The summed E-state index contributed by atoms with van der Waals surface area (Å²) in [6, 6.07) is 21.8. The van der Waals surface area contributed by atoms with Crippen molar-refractivity contribution in [3.05, 3.63) is 106 Å². The fourth-order valence-electron chi connectivity index (χ4n) is 4.74. The van der Waals surface area contributed by atoms with Gasteiger partial charge in [0, 0.05) is 18.5 Å². The van der Waals surface area contributed by atoms with Crippen LogP contribution in [0.25, 0.3) is 22.5 Å². The Morgan fingerprint density at radius 3 is 2.22 bits per heavy atom. The van der Waals surface area contributed by atoms with Gasteiger partial charge in [-0.2, -0.15) is 0 Å². The molecule has 0 atom stereocenters. The van der Waals surface area contributed by atoms with Crippen LogP contribution in [0.4, 0.5) is 4.79 Å². The lowest BCUT2D eigenvalue weighted by Gasteiger charge is -2.12. The molecule has 0 bridgehead atoms. The van der Waals surface area contributed by atoms with E-state index in [1.54, 1.807) is 28.8 Å². The Bertz CT molecular complexity index is 1810. The number of carbonyl (C=O) groups is 2. The van der Waals surface area contributed by atoms with Crippen molar-refractivity contribution in [2.75, 3.05) is 0 Å². The summed E-state index contributed by atoms with van der Waals surface area (Å²) in [4.78, 5) is 34.2. The van der Waals surface area contributed by atoms with Crippen molar-refractivity contribution in [3.63, 3.8) is 0 Å². The molecule has 2 heterocycles. The SMILES string of the molecule is CCCCc1nc(Cl)c(C(=O)O)n1Cc1ccc(-c2ccccc2-c2nnn(C(=O)OCc3ccc(CON(O)O)cc3)n2)cc1. The van der Waals surface area contributed by atoms with Crippen LogP contribution >= 0.6 is 11.6 Å². The zero-order chi connectivity index (χ0) is 32.6. The van der Waals surface area contributed by atoms with Gasteiger partial charge in [-0.3, -0.25) is 10.4 Å². The molecule has 15 heteroatoms. The number of imidazole rings is 1. The number of aryl methyl sites for hydroxylation is 1. The highest BCUT2D eigenvalue weighted by molar-refractivity contribution is 6.32. The molecule has 0 aliphatic rings. The highest BCUT2D eigenvalue weighted by atomic mass is 35.5. The quantitative estimate of drug-likeness (QED) is 0.134. The zero-order valence-electron chi connectivity index (χ0n) is 24.7. The van der Waals surface area contributed by atoms with E-state index in [0.29, 0.717) is 35.5 Å². The molecule has 0 spiro atoms. The standard InChI is InChI=1S/C31H30ClN7O7/c1-2-3-8-26-33-28(32)27(30(40)41)37(26)17-20-13-15-23(16-14-20)24-6-4-5-7-25(24)29-34-36-38(35-29)31(42)45-18-21-9-11-22(12-10-21)19-46-39(43)44/h4-7,9-16,43-44H,2-3,8,17-19H2,1H3,(H,40,41). The number of nitrogens with zero attached hydrogens (tertiary/aromatic N) is 7. The first-order valence-electron chi connectivity index (χ1n) is 14.3. The molecule has 3 aromatic carbocycles. The number of aromatic nitrogens is 6. The Balaban J connectivity index is 1.28. The number of benzene rings is 3. The van der Waals surface area contributed by atoms with Crippen LogP contribution in [0.1, 0.15) is 52.8 Å². The molecule has 5 rings (SSSR count). The van der Waals surface area contributed by atoms with Gasteiger partial charge in [-0.1, -0.05) is 103 Å². The number of carboxylic acids is 1. The smallest absolute Gasteiger partial charge is 0.454 e. The number of ether oxygens (including phenoxy) is 1. The summed E-state index contributed by atoms with van der Waals surface area (Å²) >= 11 is 6.18. The highest BCUT2D eigenvalue weighted by Crippen LogP contribution is 2.30. The number of hydrogen-bond donors (Lipinski definition) is 3. The molecule has 3 N–H and O–H groups in total. The predicted molar refractivity (Wildman–Crippen MR) is 163 cm³/mol. The van der Waals surface area contributed by atoms with Crippen LogP contribution in [0, 0.1) is 0 Å². The van der Waals surface area contributed by atoms with Crippen LogP contribution in [0.5, 0.6) is 0 Å². The van der Waals surface area contributed by atoms with E-state index in [1.165, 1.54) is 0 Å². The Kier molecular flexibility index (Phi) is 10.5. The third kappa shape index (κ3) is 7.80. The third-order valence-electron chi connectivity index (χ3n) is 7.04. The fourth-order valence-corrected chi connectivity index (χ4v) is 5.02. The summed E-state index contributed by atoms with van der Waals surface area (Å²) in [6.45, 7) is 2.24. The molecular formula is C31H30ClN7O7. The number of hydrogen-bond acceptors (Lipinski definition) is 11. The van der Waals surface area contributed by atoms with E-state index in [9.17, 15) is 14.7 Å². The molecule has 238 valence electrons. The number of carboxylic acid groups (broad SMARTS) is 1. The molecule has 0 radical (unpaired) electrons. The van der Waals surface area contributed by atoms with Crippen molar-refractivity contribution >= 4 is 23.7 Å². The van der Waals surface area contributed by atoms with Crippen molar-refractivity contribution in [2.24, 2.45) is 0 Å². The molecule has 0 aliphatic carbocycles. The minimum atomic E-state index is -1.13. The van der Waals surface area contributed by atoms with Gasteiger partial charge >= 0.3 is 12.1 Å². The van der Waals surface area contributed by atoms with Crippen molar-refractivity contribution in [3.8, 4) is 22.5 Å². The van der Waals surface area contributed by atoms with Gasteiger partial charge < -0.3 is 14.4 Å². The Morgan fingerprint density at radius 1 is 0.913 bits per heavy atom. The summed E-state index contributed by atoms with van der Waals surface area (Å²) in [5.74, 6) is -0.272. The van der Waals surface area contributed by atoms with E-state index < -0.39 is 12.1 Å². The minimum Gasteiger partial charge on any atom is -0.476 e. The van der Waals surface area contributed by atoms with Gasteiger partial charge in [-0.05, 0) is 39.5 Å². The molecule has 0 unspecified atom stereocenters. The van der Waals surface area contributed by atoms with E-state index >= 15 is 0 Å². The van der Waals surface area contributed by atoms with Gasteiger partial charge in [0.05, 0.1) is 12.0 Å². The van der Waals surface area contributed by atoms with Crippen molar-refractivity contribution in [2.45, 2.75) is 45.9 Å². The molecule has 0 aliphatic heterocycles. The Labute approximate surface area is 267 Å². The zero-order valence-corrected chi connectivity index (χ0v) is 25.4. The lowest BCUT2D eigenvalue weighted by molar-refractivity contribution is -0.497. The van der Waals surface area contributed by atoms with Crippen LogP contribution in [-0.4, -0.2) is 62.7 Å². The van der Waals surface area contributed by atoms with Gasteiger partial charge in [-0.25, -0.2) is 19.4 Å². The Hall–Kier alpha value is -4.99. The van der Waals surface area contributed by atoms with Crippen LogP contribution < -0.4 is 0 Å². The second kappa shape index (κ2) is 14.9. The monoisotopic (exact) mass is 647 g/mol. The molecular weight excluding hydrogens is 618 g/mol. The summed E-state index contributed by atoms with van der Waals surface area (Å²) in [7, 11) is 0. The van der Waals surface area contributed by atoms with Gasteiger partial charge in [0.25, 0.3) is 0 Å². The molecule has 14 nitrogen and oxygen atoms in total. The number of aromatic carboxylic acids is 1. The van der Waals surface area contributed by atoms with Crippen molar-refractivity contribution in [1.82, 2.24) is 35.1 Å². The summed E-state index contributed by atoms with van der Waals surface area (Å²) in [5.41, 5.74) is 4.50. The van der Waals surface area contributed by atoms with Gasteiger partial charge in [0.1, 0.15) is 12.4 Å². The first kappa shape index (κ1) is 32.4. The molecule has 2 aromatic heterocycles. The maximum atomic E-state index is 12.6. The molecule has 0 fully saturated rings. The van der Waals surface area contributed by atoms with Gasteiger partial charge in [-0.15, -0.1) is 10.2 Å². The first-order valence-corrected chi connectivity index (χ1v) is 14.6. The number of carbonyl (C=O) groups excluding carboxylic acids is 1. The Morgan fingerprint density at radius 2 is 1.57 bits per heavy atom. The second-order valence-electron chi connectivity index (χ2n) is 10.2. The molecule has 5 aromatic rings. The number of rotatable bonds is 13. The number of tetrazole rings is 1. The average molecular weight is 648 g/mol. The lowest BCUT2D eigenvalue weighted by atomic mass is 9.98. The predicted octanol–water partition coefficient (Wildman–Crippen LogP) is 5.64.